The maximum atomic E-state index is 12.5. The summed E-state index contributed by atoms with van der Waals surface area (Å²) in [6.07, 6.45) is 3.20. The molecular weight excluding hydrogens is 410 g/mol. The van der Waals surface area contributed by atoms with E-state index in [0.717, 1.165) is 36.5 Å². The van der Waals surface area contributed by atoms with E-state index in [1.807, 2.05) is 43.3 Å². The average Bonchev–Trinajstić information content (AvgIpc) is 3.07. The normalized spacial score (nSPS) is 10.8. The SMILES string of the molecule is Cc1ccc(-c2nc3ccccc3s2)cc1NC(=O)c1cncc(Br)c1. The number of benzene rings is 2. The first-order chi connectivity index (χ1) is 12.6. The molecule has 1 amide bonds. The van der Waals surface area contributed by atoms with Crippen LogP contribution in [0.2, 0.25) is 0 Å². The van der Waals surface area contributed by atoms with E-state index < -0.39 is 0 Å². The largest absolute Gasteiger partial charge is 0.322 e. The van der Waals surface area contributed by atoms with E-state index in [2.05, 4.69) is 32.3 Å². The number of carbonyl (C=O) groups is 1. The summed E-state index contributed by atoms with van der Waals surface area (Å²) in [6, 6.07) is 15.8. The summed E-state index contributed by atoms with van der Waals surface area (Å²) in [5.74, 6) is -0.191. The van der Waals surface area contributed by atoms with Gasteiger partial charge in [0.15, 0.2) is 0 Å². The molecule has 4 nitrogen and oxygen atoms in total. The van der Waals surface area contributed by atoms with Crippen molar-refractivity contribution in [3.63, 3.8) is 0 Å². The Morgan fingerprint density at radius 3 is 2.77 bits per heavy atom. The molecule has 6 heteroatoms. The number of nitrogens with zero attached hydrogens (tertiary/aromatic N) is 2. The van der Waals surface area contributed by atoms with Gasteiger partial charge in [0.25, 0.3) is 5.91 Å². The molecule has 0 radical (unpaired) electrons. The standard InChI is InChI=1S/C20H14BrN3OS/c1-12-6-7-13(20-24-16-4-2-3-5-18(16)26-20)9-17(12)23-19(25)14-8-15(21)11-22-10-14/h2-11H,1H3,(H,23,25). The second-order valence-electron chi connectivity index (χ2n) is 5.86. The van der Waals surface area contributed by atoms with Crippen LogP contribution in [0.25, 0.3) is 20.8 Å². The van der Waals surface area contributed by atoms with Crippen LogP contribution < -0.4 is 5.32 Å². The number of aryl methyl sites for hydroxylation is 1. The zero-order chi connectivity index (χ0) is 18.1. The molecule has 0 atom stereocenters. The highest BCUT2D eigenvalue weighted by Crippen LogP contribution is 2.32. The Balaban J connectivity index is 1.67. The van der Waals surface area contributed by atoms with E-state index in [9.17, 15) is 4.79 Å². The highest BCUT2D eigenvalue weighted by atomic mass is 79.9. The number of thiazole rings is 1. The third kappa shape index (κ3) is 3.38. The fourth-order valence-corrected chi connectivity index (χ4v) is 3.94. The van der Waals surface area contributed by atoms with Gasteiger partial charge in [-0.05, 0) is 52.7 Å². The molecule has 0 bridgehead atoms. The van der Waals surface area contributed by atoms with E-state index >= 15 is 0 Å². The minimum absolute atomic E-state index is 0.191. The van der Waals surface area contributed by atoms with Crippen LogP contribution in [0.15, 0.2) is 65.4 Å². The Labute approximate surface area is 163 Å². The quantitative estimate of drug-likeness (QED) is 0.460. The van der Waals surface area contributed by atoms with Crippen molar-refractivity contribution in [2.24, 2.45) is 0 Å². The van der Waals surface area contributed by atoms with Crippen molar-refractivity contribution in [2.45, 2.75) is 6.92 Å². The van der Waals surface area contributed by atoms with Crippen LogP contribution in [0, 0.1) is 6.92 Å². The second-order valence-corrected chi connectivity index (χ2v) is 7.81. The van der Waals surface area contributed by atoms with Gasteiger partial charge in [-0.1, -0.05) is 24.3 Å². The number of hydrogen-bond acceptors (Lipinski definition) is 4. The molecule has 0 aliphatic rings. The molecule has 4 rings (SSSR count). The van der Waals surface area contributed by atoms with Crippen molar-refractivity contribution >= 4 is 49.1 Å². The van der Waals surface area contributed by atoms with Crippen LogP contribution in [0.5, 0.6) is 0 Å². The number of nitrogens with one attached hydrogen (secondary N) is 1. The zero-order valence-corrected chi connectivity index (χ0v) is 16.3. The molecular formula is C20H14BrN3OS. The van der Waals surface area contributed by atoms with Crippen LogP contribution in [0.4, 0.5) is 5.69 Å². The van der Waals surface area contributed by atoms with Crippen molar-refractivity contribution in [3.8, 4) is 10.6 Å². The summed E-state index contributed by atoms with van der Waals surface area (Å²) in [5.41, 5.74) is 4.24. The number of pyridine rings is 1. The number of rotatable bonds is 3. The van der Waals surface area contributed by atoms with Crippen LogP contribution in [0.3, 0.4) is 0 Å². The monoisotopic (exact) mass is 423 g/mol. The van der Waals surface area contributed by atoms with Gasteiger partial charge in [0.1, 0.15) is 5.01 Å². The van der Waals surface area contributed by atoms with Gasteiger partial charge in [0, 0.05) is 28.1 Å². The van der Waals surface area contributed by atoms with Gasteiger partial charge in [-0.25, -0.2) is 4.98 Å². The molecule has 2 heterocycles. The minimum atomic E-state index is -0.191. The van der Waals surface area contributed by atoms with Crippen molar-refractivity contribution in [2.75, 3.05) is 5.32 Å². The molecule has 128 valence electrons. The molecule has 0 aliphatic heterocycles. The molecule has 2 aromatic carbocycles. The topological polar surface area (TPSA) is 54.9 Å². The summed E-state index contributed by atoms with van der Waals surface area (Å²) in [7, 11) is 0. The average molecular weight is 424 g/mol. The van der Waals surface area contributed by atoms with E-state index in [0.29, 0.717) is 5.56 Å². The molecule has 4 aromatic rings. The Kier molecular flexibility index (Phi) is 4.53. The van der Waals surface area contributed by atoms with Gasteiger partial charge in [-0.3, -0.25) is 9.78 Å². The molecule has 1 N–H and O–H groups in total. The highest BCUT2D eigenvalue weighted by molar-refractivity contribution is 9.10. The number of para-hydroxylation sites is 1. The molecule has 26 heavy (non-hydrogen) atoms. The number of amides is 1. The van der Waals surface area contributed by atoms with Crippen molar-refractivity contribution < 1.29 is 4.79 Å². The van der Waals surface area contributed by atoms with Gasteiger partial charge in [-0.2, -0.15) is 0 Å². The predicted octanol–water partition coefficient (Wildman–Crippen LogP) is 5.68. The predicted molar refractivity (Wildman–Crippen MR) is 110 cm³/mol. The van der Waals surface area contributed by atoms with Gasteiger partial charge >= 0.3 is 0 Å². The third-order valence-corrected chi connectivity index (χ3v) is 5.51. The van der Waals surface area contributed by atoms with E-state index in [4.69, 9.17) is 4.98 Å². The van der Waals surface area contributed by atoms with E-state index in [-0.39, 0.29) is 5.91 Å². The summed E-state index contributed by atoms with van der Waals surface area (Å²) in [5, 5.41) is 3.91. The fourth-order valence-electron chi connectivity index (χ4n) is 2.62. The number of aromatic nitrogens is 2. The third-order valence-electron chi connectivity index (χ3n) is 3.99. The van der Waals surface area contributed by atoms with Gasteiger partial charge in [-0.15, -0.1) is 11.3 Å². The lowest BCUT2D eigenvalue weighted by Crippen LogP contribution is -2.13. The van der Waals surface area contributed by atoms with Crippen LogP contribution in [-0.2, 0) is 0 Å². The fraction of sp³-hybridized carbons (Fsp3) is 0.0500. The Bertz CT molecular complexity index is 1090. The second kappa shape index (κ2) is 6.97. The Morgan fingerprint density at radius 2 is 1.96 bits per heavy atom. The molecule has 0 saturated heterocycles. The van der Waals surface area contributed by atoms with Crippen molar-refractivity contribution in [3.05, 3.63) is 76.5 Å². The summed E-state index contributed by atoms with van der Waals surface area (Å²) in [6.45, 7) is 1.97. The lowest BCUT2D eigenvalue weighted by Gasteiger charge is -2.10. The molecule has 0 fully saturated rings. The van der Waals surface area contributed by atoms with Crippen molar-refractivity contribution in [1.82, 2.24) is 9.97 Å². The first-order valence-corrected chi connectivity index (χ1v) is 9.59. The van der Waals surface area contributed by atoms with Crippen molar-refractivity contribution in [1.29, 1.82) is 0 Å². The Hall–Kier alpha value is -2.57. The molecule has 0 saturated carbocycles. The van der Waals surface area contributed by atoms with Gasteiger partial charge in [0.05, 0.1) is 15.8 Å². The maximum absolute atomic E-state index is 12.5. The zero-order valence-electron chi connectivity index (χ0n) is 13.9. The maximum Gasteiger partial charge on any atom is 0.257 e. The summed E-state index contributed by atoms with van der Waals surface area (Å²) >= 11 is 4.98. The number of carbonyl (C=O) groups excluding carboxylic acids is 1. The van der Waals surface area contributed by atoms with Gasteiger partial charge < -0.3 is 5.32 Å². The molecule has 0 aliphatic carbocycles. The highest BCUT2D eigenvalue weighted by Gasteiger charge is 2.12. The first kappa shape index (κ1) is 16.9. The minimum Gasteiger partial charge on any atom is -0.322 e. The van der Waals surface area contributed by atoms with Crippen LogP contribution in [-0.4, -0.2) is 15.9 Å². The lowest BCUT2D eigenvalue weighted by atomic mass is 10.1. The van der Waals surface area contributed by atoms with Crippen LogP contribution in [0.1, 0.15) is 15.9 Å². The molecule has 2 aromatic heterocycles. The number of fused-ring (bicyclic) bond motifs is 1. The molecule has 0 spiro atoms. The lowest BCUT2D eigenvalue weighted by molar-refractivity contribution is 0.102. The number of anilines is 1. The van der Waals surface area contributed by atoms with E-state index in [1.54, 1.807) is 29.8 Å². The number of halogens is 1. The Morgan fingerprint density at radius 1 is 1.12 bits per heavy atom. The molecule has 0 unspecified atom stereocenters. The first-order valence-electron chi connectivity index (χ1n) is 7.99. The van der Waals surface area contributed by atoms with E-state index in [1.165, 1.54) is 0 Å². The van der Waals surface area contributed by atoms with Crippen LogP contribution >= 0.6 is 27.3 Å². The summed E-state index contributed by atoms with van der Waals surface area (Å²) < 4.78 is 1.92. The summed E-state index contributed by atoms with van der Waals surface area (Å²) in [4.78, 5) is 21.3. The number of hydrogen-bond donors (Lipinski definition) is 1. The van der Waals surface area contributed by atoms with Gasteiger partial charge in [0.2, 0.25) is 0 Å². The smallest absolute Gasteiger partial charge is 0.257 e.